The maximum Gasteiger partial charge on any atom is 0.328 e. The van der Waals surface area contributed by atoms with Crippen molar-refractivity contribution in [3.8, 4) is 0 Å². The summed E-state index contributed by atoms with van der Waals surface area (Å²) >= 11 is 6.37. The monoisotopic (exact) mass is 393 g/mol. The Hall–Kier alpha value is -3.05. The first-order chi connectivity index (χ1) is 13.5. The van der Waals surface area contributed by atoms with E-state index in [0.717, 1.165) is 32.7 Å². The molecule has 0 bridgehead atoms. The minimum Gasteiger partial charge on any atom is -0.340 e. The van der Waals surface area contributed by atoms with Gasteiger partial charge in [0.25, 0.3) is 5.91 Å². The first-order valence-corrected chi connectivity index (χ1v) is 9.54. The summed E-state index contributed by atoms with van der Waals surface area (Å²) in [4.78, 5) is 25.7. The summed E-state index contributed by atoms with van der Waals surface area (Å²) in [5.41, 5.74) is 4.30. The molecule has 0 atom stereocenters. The molecule has 5 nitrogen and oxygen atoms in total. The highest BCUT2D eigenvalue weighted by molar-refractivity contribution is 6.31. The van der Waals surface area contributed by atoms with E-state index in [2.05, 4.69) is 16.0 Å². The zero-order valence-corrected chi connectivity index (χ0v) is 16.5. The summed E-state index contributed by atoms with van der Waals surface area (Å²) in [5, 5.41) is 4.42. The van der Waals surface area contributed by atoms with Gasteiger partial charge in [0.2, 0.25) is 0 Å². The average molecular weight is 394 g/mol. The highest BCUT2D eigenvalue weighted by Crippen LogP contribution is 2.30. The summed E-state index contributed by atoms with van der Waals surface area (Å²) in [6, 6.07) is 15.4. The van der Waals surface area contributed by atoms with E-state index in [1.54, 1.807) is 13.0 Å². The van der Waals surface area contributed by atoms with Crippen molar-refractivity contribution < 1.29 is 9.59 Å². The number of benzene rings is 2. The molecule has 0 radical (unpaired) electrons. The number of para-hydroxylation sites is 1. The van der Waals surface area contributed by atoms with Crippen molar-refractivity contribution >= 4 is 40.5 Å². The maximum atomic E-state index is 12.5. The SMILES string of the molecule is CCN1C(=O)N/C(=C/c2c(C)n(Cc3ccccc3Cl)c3ccccc23)C1=O. The van der Waals surface area contributed by atoms with Crippen molar-refractivity contribution in [3.05, 3.63) is 76.1 Å². The molecule has 0 spiro atoms. The van der Waals surface area contributed by atoms with Gasteiger partial charge in [-0.1, -0.05) is 48.0 Å². The summed E-state index contributed by atoms with van der Waals surface area (Å²) in [5.74, 6) is -0.296. The van der Waals surface area contributed by atoms with Gasteiger partial charge in [-0.2, -0.15) is 0 Å². The van der Waals surface area contributed by atoms with Gasteiger partial charge >= 0.3 is 6.03 Å². The lowest BCUT2D eigenvalue weighted by Crippen LogP contribution is -2.30. The van der Waals surface area contributed by atoms with Gasteiger partial charge in [0.1, 0.15) is 5.70 Å². The van der Waals surface area contributed by atoms with Crippen LogP contribution in [-0.4, -0.2) is 28.0 Å². The molecular formula is C22H20ClN3O2. The quantitative estimate of drug-likeness (QED) is 0.521. The van der Waals surface area contributed by atoms with Gasteiger partial charge in [-0.25, -0.2) is 4.79 Å². The molecule has 1 aromatic heterocycles. The van der Waals surface area contributed by atoms with Crippen LogP contribution in [0.1, 0.15) is 23.7 Å². The molecule has 1 aliphatic rings. The Balaban J connectivity index is 1.84. The highest BCUT2D eigenvalue weighted by Gasteiger charge is 2.32. The first-order valence-electron chi connectivity index (χ1n) is 9.17. The molecule has 2 aromatic carbocycles. The number of imide groups is 1. The largest absolute Gasteiger partial charge is 0.340 e. The number of halogens is 1. The van der Waals surface area contributed by atoms with Crippen molar-refractivity contribution in [2.75, 3.05) is 6.54 Å². The van der Waals surface area contributed by atoms with Gasteiger partial charge in [-0.05, 0) is 37.6 Å². The van der Waals surface area contributed by atoms with E-state index in [1.165, 1.54) is 4.90 Å². The number of rotatable bonds is 4. The lowest BCUT2D eigenvalue weighted by molar-refractivity contribution is -0.122. The predicted molar refractivity (Wildman–Crippen MR) is 111 cm³/mol. The zero-order chi connectivity index (χ0) is 19.8. The molecule has 3 amide bonds. The van der Waals surface area contributed by atoms with E-state index in [1.807, 2.05) is 49.4 Å². The lowest BCUT2D eigenvalue weighted by atomic mass is 10.1. The normalized spacial score (nSPS) is 15.7. The minimum atomic E-state index is -0.379. The fourth-order valence-electron chi connectivity index (χ4n) is 3.64. The number of nitrogens with zero attached hydrogens (tertiary/aromatic N) is 2. The molecule has 6 heteroatoms. The topological polar surface area (TPSA) is 54.3 Å². The second-order valence-electron chi connectivity index (χ2n) is 6.73. The summed E-state index contributed by atoms with van der Waals surface area (Å²) in [7, 11) is 0. The van der Waals surface area contributed by atoms with E-state index < -0.39 is 0 Å². The second-order valence-corrected chi connectivity index (χ2v) is 7.14. The van der Waals surface area contributed by atoms with E-state index in [-0.39, 0.29) is 11.9 Å². The van der Waals surface area contributed by atoms with Gasteiger partial charge in [0, 0.05) is 40.3 Å². The van der Waals surface area contributed by atoms with Crippen molar-refractivity contribution in [1.29, 1.82) is 0 Å². The number of hydrogen-bond donors (Lipinski definition) is 1. The van der Waals surface area contributed by atoms with Crippen molar-refractivity contribution in [2.45, 2.75) is 20.4 Å². The van der Waals surface area contributed by atoms with Gasteiger partial charge < -0.3 is 9.88 Å². The molecule has 1 N–H and O–H groups in total. The number of urea groups is 1. The molecular weight excluding hydrogens is 374 g/mol. The van der Waals surface area contributed by atoms with E-state index in [4.69, 9.17) is 11.6 Å². The molecule has 1 saturated heterocycles. The van der Waals surface area contributed by atoms with Gasteiger partial charge in [0.15, 0.2) is 0 Å². The van der Waals surface area contributed by atoms with Crippen LogP contribution in [0.4, 0.5) is 4.79 Å². The summed E-state index contributed by atoms with van der Waals surface area (Å²) in [6.07, 6.45) is 1.77. The third-order valence-corrected chi connectivity index (χ3v) is 5.50. The van der Waals surface area contributed by atoms with Crippen LogP contribution in [0.15, 0.2) is 54.2 Å². The molecule has 1 aliphatic heterocycles. The Morgan fingerprint density at radius 3 is 2.50 bits per heavy atom. The van der Waals surface area contributed by atoms with Crippen LogP contribution in [-0.2, 0) is 11.3 Å². The summed E-state index contributed by atoms with van der Waals surface area (Å²) in [6.45, 7) is 4.76. The number of aromatic nitrogens is 1. The molecule has 0 aliphatic carbocycles. The number of amides is 3. The molecule has 4 rings (SSSR count). The first kappa shape index (κ1) is 18.3. The maximum absolute atomic E-state index is 12.5. The van der Waals surface area contributed by atoms with Crippen LogP contribution in [0.3, 0.4) is 0 Å². The Morgan fingerprint density at radius 1 is 1.07 bits per heavy atom. The number of fused-ring (bicyclic) bond motifs is 1. The number of likely N-dealkylation sites (N-methyl/N-ethyl adjacent to an activating group) is 1. The molecule has 142 valence electrons. The van der Waals surface area contributed by atoms with Crippen molar-refractivity contribution in [2.24, 2.45) is 0 Å². The van der Waals surface area contributed by atoms with E-state index in [0.29, 0.717) is 18.8 Å². The van der Waals surface area contributed by atoms with Crippen LogP contribution >= 0.6 is 11.6 Å². The fourth-order valence-corrected chi connectivity index (χ4v) is 3.84. The molecule has 28 heavy (non-hydrogen) atoms. The van der Waals surface area contributed by atoms with Gasteiger partial charge in [0.05, 0.1) is 0 Å². The smallest absolute Gasteiger partial charge is 0.328 e. The number of nitrogens with one attached hydrogen (secondary N) is 1. The van der Waals surface area contributed by atoms with E-state index in [9.17, 15) is 9.59 Å². The minimum absolute atomic E-state index is 0.296. The standard InChI is InChI=1S/C22H20ClN3O2/c1-3-25-21(27)19(24-22(25)28)12-17-14(2)26(20-11-7-5-9-16(17)20)13-15-8-4-6-10-18(15)23/h4-12H,3,13H2,1-2H3,(H,24,28)/b19-12+. The predicted octanol–water partition coefficient (Wildman–Crippen LogP) is 4.56. The highest BCUT2D eigenvalue weighted by atomic mass is 35.5. The molecule has 1 fully saturated rings. The van der Waals surface area contributed by atoms with Crippen LogP contribution in [0.5, 0.6) is 0 Å². The molecule has 0 unspecified atom stereocenters. The zero-order valence-electron chi connectivity index (χ0n) is 15.7. The fraction of sp³-hybridized carbons (Fsp3) is 0.182. The number of carbonyl (C=O) groups is 2. The van der Waals surface area contributed by atoms with Gasteiger partial charge in [-0.15, -0.1) is 0 Å². The second kappa shape index (κ2) is 7.17. The Labute approximate surface area is 168 Å². The van der Waals surface area contributed by atoms with Crippen LogP contribution in [0.2, 0.25) is 5.02 Å². The third-order valence-electron chi connectivity index (χ3n) is 5.13. The molecule has 3 aromatic rings. The Morgan fingerprint density at radius 2 is 1.79 bits per heavy atom. The van der Waals surface area contributed by atoms with E-state index >= 15 is 0 Å². The van der Waals surface area contributed by atoms with Crippen LogP contribution < -0.4 is 5.32 Å². The van der Waals surface area contributed by atoms with Gasteiger partial charge in [-0.3, -0.25) is 9.69 Å². The lowest BCUT2D eigenvalue weighted by Gasteiger charge is -2.10. The number of carbonyl (C=O) groups excluding carboxylic acids is 2. The Kier molecular flexibility index (Phi) is 4.69. The number of hydrogen-bond acceptors (Lipinski definition) is 2. The average Bonchev–Trinajstić information content (AvgIpc) is 3.11. The van der Waals surface area contributed by atoms with Crippen LogP contribution in [0, 0.1) is 6.92 Å². The summed E-state index contributed by atoms with van der Waals surface area (Å²) < 4.78 is 2.18. The Bertz CT molecular complexity index is 1130. The molecule has 2 heterocycles. The van der Waals surface area contributed by atoms with Crippen LogP contribution in [0.25, 0.3) is 17.0 Å². The molecule has 0 saturated carbocycles. The third kappa shape index (κ3) is 2.98. The van der Waals surface area contributed by atoms with Crippen molar-refractivity contribution in [3.63, 3.8) is 0 Å². The van der Waals surface area contributed by atoms with Crippen molar-refractivity contribution in [1.82, 2.24) is 14.8 Å².